The van der Waals surface area contributed by atoms with Crippen LogP contribution in [0.3, 0.4) is 0 Å². The molecule has 0 amide bonds. The van der Waals surface area contributed by atoms with Crippen molar-refractivity contribution >= 4 is 26.9 Å². The molecular weight excluding hydrogens is 336 g/mol. The molecule has 0 unspecified atom stereocenters. The SMILES string of the molecule is Brc1ccc2cc(-c3nc(Cn4ccnc4)no3)oc2c1. The first-order valence-electron chi connectivity index (χ1n) is 6.26. The Morgan fingerprint density at radius 2 is 2.19 bits per heavy atom. The van der Waals surface area contributed by atoms with Crippen LogP contribution in [0.1, 0.15) is 5.82 Å². The average Bonchev–Trinajstić information content (AvgIpc) is 3.18. The van der Waals surface area contributed by atoms with Crippen LogP contribution in [0.4, 0.5) is 0 Å². The third-order valence-electron chi connectivity index (χ3n) is 3.04. The zero-order valence-corrected chi connectivity index (χ0v) is 12.3. The highest BCUT2D eigenvalue weighted by Crippen LogP contribution is 2.28. The van der Waals surface area contributed by atoms with Gasteiger partial charge in [-0.1, -0.05) is 21.1 Å². The molecule has 1 aromatic carbocycles. The van der Waals surface area contributed by atoms with E-state index in [1.165, 1.54) is 0 Å². The van der Waals surface area contributed by atoms with Crippen LogP contribution >= 0.6 is 15.9 Å². The van der Waals surface area contributed by atoms with Crippen molar-refractivity contribution in [3.05, 3.63) is 53.3 Å². The largest absolute Gasteiger partial charge is 0.451 e. The van der Waals surface area contributed by atoms with Gasteiger partial charge in [0.05, 0.1) is 12.9 Å². The Labute approximate surface area is 127 Å². The van der Waals surface area contributed by atoms with Crippen molar-refractivity contribution in [1.29, 1.82) is 0 Å². The monoisotopic (exact) mass is 344 g/mol. The number of imidazole rings is 1. The van der Waals surface area contributed by atoms with Crippen LogP contribution in [0.5, 0.6) is 0 Å². The van der Waals surface area contributed by atoms with E-state index < -0.39 is 0 Å². The first-order valence-corrected chi connectivity index (χ1v) is 7.05. The summed E-state index contributed by atoms with van der Waals surface area (Å²) in [6.45, 7) is 0.509. The highest BCUT2D eigenvalue weighted by Gasteiger charge is 2.14. The van der Waals surface area contributed by atoms with Gasteiger partial charge in [0.2, 0.25) is 0 Å². The second-order valence-corrected chi connectivity index (χ2v) is 5.46. The molecule has 0 fully saturated rings. The van der Waals surface area contributed by atoms with Gasteiger partial charge in [-0.15, -0.1) is 0 Å². The van der Waals surface area contributed by atoms with E-state index >= 15 is 0 Å². The number of aromatic nitrogens is 4. The molecule has 0 aliphatic carbocycles. The summed E-state index contributed by atoms with van der Waals surface area (Å²) in [5.41, 5.74) is 0.772. The lowest BCUT2D eigenvalue weighted by atomic mass is 10.2. The lowest BCUT2D eigenvalue weighted by Crippen LogP contribution is -1.98. The number of furan rings is 1. The number of halogens is 1. The first kappa shape index (κ1) is 12.3. The van der Waals surface area contributed by atoms with Gasteiger partial charge >= 0.3 is 0 Å². The van der Waals surface area contributed by atoms with Gasteiger partial charge in [0.1, 0.15) is 5.58 Å². The Morgan fingerprint density at radius 3 is 3.05 bits per heavy atom. The summed E-state index contributed by atoms with van der Waals surface area (Å²) in [7, 11) is 0. The van der Waals surface area contributed by atoms with E-state index in [0.717, 1.165) is 15.4 Å². The molecule has 0 bridgehead atoms. The molecule has 7 heteroatoms. The minimum atomic E-state index is 0.373. The molecule has 0 aliphatic rings. The predicted molar refractivity (Wildman–Crippen MR) is 78.5 cm³/mol. The second-order valence-electron chi connectivity index (χ2n) is 4.54. The summed E-state index contributed by atoms with van der Waals surface area (Å²) < 4.78 is 13.8. The minimum Gasteiger partial charge on any atom is -0.451 e. The summed E-state index contributed by atoms with van der Waals surface area (Å²) in [4.78, 5) is 8.32. The molecule has 3 heterocycles. The number of nitrogens with zero attached hydrogens (tertiary/aromatic N) is 4. The number of hydrogen-bond donors (Lipinski definition) is 0. The van der Waals surface area contributed by atoms with Crippen LogP contribution < -0.4 is 0 Å². The van der Waals surface area contributed by atoms with Crippen molar-refractivity contribution < 1.29 is 8.94 Å². The van der Waals surface area contributed by atoms with E-state index in [4.69, 9.17) is 8.94 Å². The molecule has 21 heavy (non-hydrogen) atoms. The maximum atomic E-state index is 5.74. The van der Waals surface area contributed by atoms with Gasteiger partial charge in [-0.25, -0.2) is 4.98 Å². The fourth-order valence-electron chi connectivity index (χ4n) is 2.07. The van der Waals surface area contributed by atoms with Crippen LogP contribution in [0, 0.1) is 0 Å². The average molecular weight is 345 g/mol. The first-order chi connectivity index (χ1) is 10.3. The number of hydrogen-bond acceptors (Lipinski definition) is 5. The Kier molecular flexibility index (Phi) is 2.85. The molecular formula is C14H9BrN4O2. The van der Waals surface area contributed by atoms with Crippen LogP contribution in [-0.2, 0) is 6.54 Å². The molecule has 3 aromatic heterocycles. The topological polar surface area (TPSA) is 69.9 Å². The van der Waals surface area contributed by atoms with E-state index in [1.54, 1.807) is 12.5 Å². The second kappa shape index (κ2) is 4.85. The Bertz CT molecular complexity index is 895. The summed E-state index contributed by atoms with van der Waals surface area (Å²) >= 11 is 3.42. The standard InChI is InChI=1S/C14H9BrN4O2/c15-10-2-1-9-5-12(20-11(9)6-10)14-17-13(18-21-14)7-19-4-3-16-8-19/h1-6,8H,7H2. The van der Waals surface area contributed by atoms with Crippen molar-refractivity contribution in [2.45, 2.75) is 6.54 Å². The summed E-state index contributed by atoms with van der Waals surface area (Å²) in [6, 6.07) is 7.72. The molecule has 4 rings (SSSR count). The highest BCUT2D eigenvalue weighted by molar-refractivity contribution is 9.10. The van der Waals surface area contributed by atoms with Gasteiger partial charge < -0.3 is 13.5 Å². The van der Waals surface area contributed by atoms with E-state index in [-0.39, 0.29) is 0 Å². The fourth-order valence-corrected chi connectivity index (χ4v) is 2.41. The van der Waals surface area contributed by atoms with E-state index in [0.29, 0.717) is 24.0 Å². The molecule has 0 saturated heterocycles. The molecule has 0 spiro atoms. The van der Waals surface area contributed by atoms with Crippen molar-refractivity contribution in [2.24, 2.45) is 0 Å². The van der Waals surface area contributed by atoms with Gasteiger partial charge in [0, 0.05) is 22.3 Å². The summed E-state index contributed by atoms with van der Waals surface area (Å²) in [6.07, 6.45) is 5.25. The van der Waals surface area contributed by atoms with E-state index in [2.05, 4.69) is 31.1 Å². The van der Waals surface area contributed by atoms with Gasteiger partial charge in [-0.2, -0.15) is 4.98 Å². The molecule has 4 aromatic rings. The molecule has 0 N–H and O–H groups in total. The van der Waals surface area contributed by atoms with Gasteiger partial charge in [-0.05, 0) is 24.3 Å². The normalized spacial score (nSPS) is 11.3. The molecule has 6 nitrogen and oxygen atoms in total. The zero-order chi connectivity index (χ0) is 14.2. The number of rotatable bonds is 3. The Morgan fingerprint density at radius 1 is 1.24 bits per heavy atom. The molecule has 0 saturated carbocycles. The third-order valence-corrected chi connectivity index (χ3v) is 3.54. The van der Waals surface area contributed by atoms with E-state index in [1.807, 2.05) is 35.0 Å². The number of benzene rings is 1. The fraction of sp³-hybridized carbons (Fsp3) is 0.0714. The van der Waals surface area contributed by atoms with Crippen LogP contribution in [0.25, 0.3) is 22.6 Å². The van der Waals surface area contributed by atoms with Crippen molar-refractivity contribution in [2.75, 3.05) is 0 Å². The van der Waals surface area contributed by atoms with Crippen molar-refractivity contribution in [3.8, 4) is 11.7 Å². The maximum Gasteiger partial charge on any atom is 0.293 e. The Hall–Kier alpha value is -2.41. The highest BCUT2D eigenvalue weighted by atomic mass is 79.9. The summed E-state index contributed by atoms with van der Waals surface area (Å²) in [5.74, 6) is 1.51. The lowest BCUT2D eigenvalue weighted by Gasteiger charge is -1.93. The smallest absolute Gasteiger partial charge is 0.293 e. The van der Waals surface area contributed by atoms with Gasteiger partial charge in [-0.3, -0.25) is 0 Å². The van der Waals surface area contributed by atoms with Gasteiger partial charge in [0.15, 0.2) is 11.6 Å². The van der Waals surface area contributed by atoms with Crippen LogP contribution in [0.2, 0.25) is 0 Å². The predicted octanol–water partition coefficient (Wildman–Crippen LogP) is 3.49. The minimum absolute atomic E-state index is 0.373. The maximum absolute atomic E-state index is 5.74. The van der Waals surface area contributed by atoms with Crippen LogP contribution in [0.15, 0.2) is 56.4 Å². The number of fused-ring (bicyclic) bond motifs is 1. The van der Waals surface area contributed by atoms with Crippen molar-refractivity contribution in [3.63, 3.8) is 0 Å². The molecule has 0 atom stereocenters. The Balaban J connectivity index is 1.67. The quantitative estimate of drug-likeness (QED) is 0.568. The molecule has 104 valence electrons. The van der Waals surface area contributed by atoms with E-state index in [9.17, 15) is 0 Å². The third kappa shape index (κ3) is 2.36. The van der Waals surface area contributed by atoms with Gasteiger partial charge in [0.25, 0.3) is 5.89 Å². The summed E-state index contributed by atoms with van der Waals surface area (Å²) in [5, 5.41) is 4.94. The molecule has 0 radical (unpaired) electrons. The van der Waals surface area contributed by atoms with Crippen LogP contribution in [-0.4, -0.2) is 19.7 Å². The lowest BCUT2D eigenvalue weighted by molar-refractivity contribution is 0.410. The molecule has 0 aliphatic heterocycles. The van der Waals surface area contributed by atoms with Crippen molar-refractivity contribution in [1.82, 2.24) is 19.7 Å². The zero-order valence-electron chi connectivity index (χ0n) is 10.7.